The Kier molecular flexibility index (Phi) is 5.78. The van der Waals surface area contributed by atoms with Crippen LogP contribution in [0.15, 0.2) is 84.6 Å². The molecule has 2 amide bonds. The summed E-state index contributed by atoms with van der Waals surface area (Å²) in [7, 11) is 3.35. The van der Waals surface area contributed by atoms with E-state index in [0.717, 1.165) is 5.56 Å². The van der Waals surface area contributed by atoms with Crippen LogP contribution in [0.5, 0.6) is 5.75 Å². The maximum absolute atomic E-state index is 13.6. The Morgan fingerprint density at radius 3 is 2.32 bits per heavy atom. The number of rotatable bonds is 6. The minimum atomic E-state index is -0.410. The van der Waals surface area contributed by atoms with Gasteiger partial charge < -0.3 is 9.64 Å². The van der Waals surface area contributed by atoms with E-state index in [9.17, 15) is 9.59 Å². The first kappa shape index (κ1) is 20.7. The first-order valence-corrected chi connectivity index (χ1v) is 10.2. The van der Waals surface area contributed by atoms with Gasteiger partial charge in [0, 0.05) is 24.2 Å². The molecule has 31 heavy (non-hydrogen) atoms. The smallest absolute Gasteiger partial charge is 0.282 e. The number of methoxy groups -OCH3 is 1. The topological polar surface area (TPSA) is 49.9 Å². The number of hydrogen-bond donors (Lipinski definition) is 0. The van der Waals surface area contributed by atoms with E-state index in [1.807, 2.05) is 54.4 Å². The Morgan fingerprint density at radius 1 is 0.903 bits per heavy atom. The molecule has 0 bridgehead atoms. The number of halogens is 1. The van der Waals surface area contributed by atoms with Crippen LogP contribution in [0.1, 0.15) is 11.1 Å². The average Bonchev–Trinajstić information content (AvgIpc) is 3.04. The lowest BCUT2D eigenvalue weighted by atomic mass is 10.0. The number of anilines is 1. The van der Waals surface area contributed by atoms with Crippen molar-refractivity contribution in [3.05, 3.63) is 101 Å². The van der Waals surface area contributed by atoms with Crippen molar-refractivity contribution in [1.29, 1.82) is 0 Å². The number of imide groups is 1. The fourth-order valence-electron chi connectivity index (χ4n) is 3.75. The molecular formula is C25H21ClN2O3. The summed E-state index contributed by atoms with van der Waals surface area (Å²) in [5.41, 5.74) is 2.65. The molecule has 0 radical (unpaired) electrons. The monoisotopic (exact) mass is 432 g/mol. The molecule has 0 saturated heterocycles. The maximum atomic E-state index is 13.6. The number of carbonyl (C=O) groups is 2. The first-order chi connectivity index (χ1) is 15.0. The minimum absolute atomic E-state index is 0.306. The van der Waals surface area contributed by atoms with E-state index in [4.69, 9.17) is 16.3 Å². The summed E-state index contributed by atoms with van der Waals surface area (Å²) in [6, 6.07) is 23.7. The maximum Gasteiger partial charge on any atom is 0.282 e. The second-order valence-corrected chi connectivity index (χ2v) is 7.63. The van der Waals surface area contributed by atoms with Gasteiger partial charge in [-0.25, -0.2) is 4.90 Å². The highest BCUT2D eigenvalue weighted by Crippen LogP contribution is 2.38. The lowest BCUT2D eigenvalue weighted by Crippen LogP contribution is -2.34. The molecule has 0 aliphatic carbocycles. The van der Waals surface area contributed by atoms with Crippen LogP contribution in [-0.4, -0.2) is 30.9 Å². The van der Waals surface area contributed by atoms with Crippen LogP contribution < -0.4 is 9.64 Å². The first-order valence-electron chi connectivity index (χ1n) is 9.78. The quantitative estimate of drug-likeness (QED) is 0.527. The number of para-hydroxylation sites is 1. The van der Waals surface area contributed by atoms with Crippen molar-refractivity contribution >= 4 is 34.7 Å². The van der Waals surface area contributed by atoms with E-state index in [1.165, 1.54) is 4.90 Å². The van der Waals surface area contributed by atoms with Crippen molar-refractivity contribution in [3.63, 3.8) is 0 Å². The van der Waals surface area contributed by atoms with Crippen molar-refractivity contribution in [2.45, 2.75) is 6.54 Å². The summed E-state index contributed by atoms with van der Waals surface area (Å²) in [6.07, 6.45) is 0. The standard InChI is InChI=1S/C25H21ClN2O3/c1-27(16-17-9-4-3-5-10-17)23-22(20-13-6-7-14-21(20)31-2)24(29)28(25(23)30)19-12-8-11-18(26)15-19/h3-15H,16H2,1-2H3. The summed E-state index contributed by atoms with van der Waals surface area (Å²) < 4.78 is 5.49. The zero-order valence-electron chi connectivity index (χ0n) is 17.2. The number of hydrogen-bond acceptors (Lipinski definition) is 4. The summed E-state index contributed by atoms with van der Waals surface area (Å²) in [6.45, 7) is 0.469. The zero-order chi connectivity index (χ0) is 22.0. The van der Waals surface area contributed by atoms with E-state index >= 15 is 0 Å². The van der Waals surface area contributed by atoms with Gasteiger partial charge in [0.25, 0.3) is 11.8 Å². The SMILES string of the molecule is COc1ccccc1C1=C(N(C)Cc2ccccc2)C(=O)N(c2cccc(Cl)c2)C1=O. The number of ether oxygens (including phenoxy) is 1. The van der Waals surface area contributed by atoms with Crippen molar-refractivity contribution < 1.29 is 14.3 Å². The van der Waals surface area contributed by atoms with Crippen LogP contribution >= 0.6 is 11.6 Å². The molecule has 1 aliphatic rings. The molecule has 1 aliphatic heterocycles. The molecular weight excluding hydrogens is 412 g/mol. The Morgan fingerprint density at radius 2 is 1.61 bits per heavy atom. The second kappa shape index (κ2) is 8.66. The van der Waals surface area contributed by atoms with E-state index in [1.54, 1.807) is 43.5 Å². The van der Waals surface area contributed by atoms with Gasteiger partial charge in [-0.15, -0.1) is 0 Å². The minimum Gasteiger partial charge on any atom is -0.496 e. The Labute approximate surface area is 186 Å². The van der Waals surface area contributed by atoms with Crippen LogP contribution in [0.2, 0.25) is 5.02 Å². The molecule has 6 heteroatoms. The molecule has 5 nitrogen and oxygen atoms in total. The number of nitrogens with zero attached hydrogens (tertiary/aromatic N) is 2. The lowest BCUT2D eigenvalue weighted by Gasteiger charge is -2.22. The molecule has 0 N–H and O–H groups in total. The highest BCUT2D eigenvalue weighted by Gasteiger charge is 2.42. The molecule has 3 aromatic carbocycles. The fraction of sp³-hybridized carbons (Fsp3) is 0.120. The van der Waals surface area contributed by atoms with Gasteiger partial charge in [-0.1, -0.05) is 66.2 Å². The zero-order valence-corrected chi connectivity index (χ0v) is 18.0. The Hall–Kier alpha value is -3.57. The molecule has 156 valence electrons. The van der Waals surface area contributed by atoms with E-state index < -0.39 is 11.8 Å². The van der Waals surface area contributed by atoms with Crippen molar-refractivity contribution in [2.75, 3.05) is 19.1 Å². The van der Waals surface area contributed by atoms with Crippen molar-refractivity contribution in [2.24, 2.45) is 0 Å². The molecule has 0 saturated carbocycles. The highest BCUT2D eigenvalue weighted by atomic mass is 35.5. The van der Waals surface area contributed by atoms with Gasteiger partial charge in [-0.2, -0.15) is 0 Å². The fourth-order valence-corrected chi connectivity index (χ4v) is 3.94. The summed E-state index contributed by atoms with van der Waals surface area (Å²) in [5, 5.41) is 0.447. The summed E-state index contributed by atoms with van der Waals surface area (Å²) in [5.74, 6) is -0.282. The number of likely N-dealkylation sites (N-methyl/N-ethyl adjacent to an activating group) is 1. The van der Waals surface area contributed by atoms with Gasteiger partial charge in [0.15, 0.2) is 0 Å². The summed E-state index contributed by atoms with van der Waals surface area (Å²) >= 11 is 6.13. The third-order valence-electron chi connectivity index (χ3n) is 5.15. The second-order valence-electron chi connectivity index (χ2n) is 7.19. The highest BCUT2D eigenvalue weighted by molar-refractivity contribution is 6.46. The van der Waals surface area contributed by atoms with Gasteiger partial charge in [-0.3, -0.25) is 9.59 Å². The summed E-state index contributed by atoms with van der Waals surface area (Å²) in [4.78, 5) is 30.1. The average molecular weight is 433 g/mol. The van der Waals surface area contributed by atoms with Crippen LogP contribution in [0.25, 0.3) is 5.57 Å². The third kappa shape index (κ3) is 3.92. The largest absolute Gasteiger partial charge is 0.496 e. The van der Waals surface area contributed by atoms with Crippen LogP contribution in [-0.2, 0) is 16.1 Å². The lowest BCUT2D eigenvalue weighted by molar-refractivity contribution is -0.120. The molecule has 3 aromatic rings. The van der Waals surface area contributed by atoms with Crippen LogP contribution in [0.3, 0.4) is 0 Å². The van der Waals surface area contributed by atoms with Gasteiger partial charge in [-0.05, 0) is 29.8 Å². The molecule has 4 rings (SSSR count). The predicted octanol–water partition coefficient (Wildman–Crippen LogP) is 4.77. The van der Waals surface area contributed by atoms with E-state index in [0.29, 0.717) is 39.8 Å². The van der Waals surface area contributed by atoms with E-state index in [2.05, 4.69) is 0 Å². The molecule has 0 fully saturated rings. The van der Waals surface area contributed by atoms with Gasteiger partial charge in [0.2, 0.25) is 0 Å². The molecule has 0 aromatic heterocycles. The van der Waals surface area contributed by atoms with Gasteiger partial charge in [0.05, 0.1) is 18.4 Å². The third-order valence-corrected chi connectivity index (χ3v) is 5.38. The number of amides is 2. The van der Waals surface area contributed by atoms with Crippen molar-refractivity contribution in [1.82, 2.24) is 4.90 Å². The Balaban J connectivity index is 1.85. The van der Waals surface area contributed by atoms with Gasteiger partial charge >= 0.3 is 0 Å². The molecule has 0 spiro atoms. The molecule has 0 atom stereocenters. The normalized spacial score (nSPS) is 13.7. The van der Waals surface area contributed by atoms with Gasteiger partial charge in [0.1, 0.15) is 11.4 Å². The molecule has 1 heterocycles. The number of carbonyl (C=O) groups excluding carboxylic acids is 2. The van der Waals surface area contributed by atoms with Crippen LogP contribution in [0, 0.1) is 0 Å². The Bertz CT molecular complexity index is 1170. The predicted molar refractivity (Wildman–Crippen MR) is 122 cm³/mol. The van der Waals surface area contributed by atoms with E-state index in [-0.39, 0.29) is 0 Å². The number of benzene rings is 3. The molecule has 0 unspecified atom stereocenters. The van der Waals surface area contributed by atoms with Crippen LogP contribution in [0.4, 0.5) is 5.69 Å². The van der Waals surface area contributed by atoms with Crippen molar-refractivity contribution in [3.8, 4) is 5.75 Å².